The smallest absolute Gasteiger partial charge is 0.407 e. The first-order valence-corrected chi connectivity index (χ1v) is 3.95. The number of halogens is 1. The summed E-state index contributed by atoms with van der Waals surface area (Å²) in [6.45, 7) is 0.405. The molecule has 1 saturated heterocycles. The summed E-state index contributed by atoms with van der Waals surface area (Å²) in [5.74, 6) is -0.319. The van der Waals surface area contributed by atoms with Gasteiger partial charge < -0.3 is 10.1 Å². The first-order chi connectivity index (χ1) is 6.25. The third-order valence-electron chi connectivity index (χ3n) is 1.90. The van der Waals surface area contributed by atoms with Crippen molar-refractivity contribution in [2.45, 2.75) is 6.10 Å². The minimum Gasteiger partial charge on any atom is -0.439 e. The Morgan fingerprint density at radius 1 is 1.54 bits per heavy atom. The molecular formula is C9H8FNO2. The Morgan fingerprint density at radius 2 is 2.38 bits per heavy atom. The van der Waals surface area contributed by atoms with Crippen molar-refractivity contribution in [2.24, 2.45) is 0 Å². The van der Waals surface area contributed by atoms with E-state index in [2.05, 4.69) is 5.32 Å². The van der Waals surface area contributed by atoms with Gasteiger partial charge in [0.1, 0.15) is 11.9 Å². The molecule has 0 aliphatic carbocycles. The van der Waals surface area contributed by atoms with Crippen LogP contribution in [-0.2, 0) is 4.74 Å². The fourth-order valence-electron chi connectivity index (χ4n) is 1.28. The zero-order valence-electron chi connectivity index (χ0n) is 6.79. The third-order valence-corrected chi connectivity index (χ3v) is 1.90. The zero-order chi connectivity index (χ0) is 9.26. The molecule has 1 atom stereocenters. The highest BCUT2D eigenvalue weighted by atomic mass is 19.1. The van der Waals surface area contributed by atoms with Crippen molar-refractivity contribution in [3.63, 3.8) is 0 Å². The van der Waals surface area contributed by atoms with Crippen molar-refractivity contribution < 1.29 is 13.9 Å². The molecule has 0 saturated carbocycles. The number of hydrogen-bond donors (Lipinski definition) is 1. The molecule has 68 valence electrons. The fourth-order valence-corrected chi connectivity index (χ4v) is 1.28. The maximum absolute atomic E-state index is 12.8. The lowest BCUT2D eigenvalue weighted by molar-refractivity contribution is 0.141. The maximum Gasteiger partial charge on any atom is 0.407 e. The molecule has 1 aliphatic heterocycles. The molecule has 4 heteroatoms. The third kappa shape index (κ3) is 1.61. The van der Waals surface area contributed by atoms with Crippen LogP contribution in [0.25, 0.3) is 0 Å². The second kappa shape index (κ2) is 3.05. The maximum atomic E-state index is 12.8. The van der Waals surface area contributed by atoms with Gasteiger partial charge in [-0.1, -0.05) is 12.1 Å². The summed E-state index contributed by atoms with van der Waals surface area (Å²) in [7, 11) is 0. The van der Waals surface area contributed by atoms with E-state index < -0.39 is 6.09 Å². The van der Waals surface area contributed by atoms with E-state index in [9.17, 15) is 9.18 Å². The summed E-state index contributed by atoms with van der Waals surface area (Å²) in [5, 5.41) is 2.50. The van der Waals surface area contributed by atoms with Crippen LogP contribution in [0.4, 0.5) is 9.18 Å². The normalized spacial score (nSPS) is 21.0. The quantitative estimate of drug-likeness (QED) is 0.714. The summed E-state index contributed by atoms with van der Waals surface area (Å²) in [4.78, 5) is 10.7. The van der Waals surface area contributed by atoms with Crippen LogP contribution in [0.15, 0.2) is 24.3 Å². The molecule has 1 aromatic carbocycles. The summed E-state index contributed by atoms with van der Waals surface area (Å²) in [6, 6.07) is 6.05. The summed E-state index contributed by atoms with van der Waals surface area (Å²) >= 11 is 0. The number of alkyl carbamates (subject to hydrolysis) is 1. The molecule has 0 unspecified atom stereocenters. The van der Waals surface area contributed by atoms with Gasteiger partial charge in [0.2, 0.25) is 0 Å². The van der Waals surface area contributed by atoms with Crippen LogP contribution in [0, 0.1) is 5.82 Å². The van der Waals surface area contributed by atoms with E-state index in [1.165, 1.54) is 12.1 Å². The number of hydrogen-bond acceptors (Lipinski definition) is 2. The van der Waals surface area contributed by atoms with Gasteiger partial charge in [0.25, 0.3) is 0 Å². The molecule has 3 nitrogen and oxygen atoms in total. The van der Waals surface area contributed by atoms with Gasteiger partial charge in [-0.25, -0.2) is 9.18 Å². The predicted molar refractivity (Wildman–Crippen MR) is 43.6 cm³/mol. The molecule has 1 heterocycles. The predicted octanol–water partition coefficient (Wildman–Crippen LogP) is 1.61. The number of carbonyl (C=O) groups excluding carboxylic acids is 1. The Labute approximate surface area is 74.5 Å². The van der Waals surface area contributed by atoms with Crippen molar-refractivity contribution in [3.05, 3.63) is 35.6 Å². The van der Waals surface area contributed by atoms with Crippen LogP contribution in [0.5, 0.6) is 0 Å². The van der Waals surface area contributed by atoms with E-state index >= 15 is 0 Å². The van der Waals surface area contributed by atoms with E-state index in [4.69, 9.17) is 4.74 Å². The van der Waals surface area contributed by atoms with E-state index in [1.54, 1.807) is 12.1 Å². The first kappa shape index (κ1) is 8.04. The minimum absolute atomic E-state index is 0.319. The summed E-state index contributed by atoms with van der Waals surface area (Å²) in [6.07, 6.45) is -0.808. The number of nitrogens with one attached hydrogen (secondary N) is 1. The molecular weight excluding hydrogens is 173 g/mol. The summed E-state index contributed by atoms with van der Waals surface area (Å²) in [5.41, 5.74) is 0.679. The van der Waals surface area contributed by atoms with Gasteiger partial charge in [-0.05, 0) is 17.7 Å². The van der Waals surface area contributed by atoms with E-state index in [-0.39, 0.29) is 11.9 Å². The molecule has 0 aromatic heterocycles. The molecule has 0 bridgehead atoms. The fraction of sp³-hybridized carbons (Fsp3) is 0.222. The molecule has 13 heavy (non-hydrogen) atoms. The van der Waals surface area contributed by atoms with Crippen LogP contribution in [0.1, 0.15) is 11.7 Å². The average Bonchev–Trinajstić information content (AvgIpc) is 2.52. The summed E-state index contributed by atoms with van der Waals surface area (Å²) < 4.78 is 17.6. The molecule has 1 fully saturated rings. The molecule has 1 amide bonds. The number of amides is 1. The van der Waals surface area contributed by atoms with Gasteiger partial charge in [0, 0.05) is 0 Å². The first-order valence-electron chi connectivity index (χ1n) is 3.95. The lowest BCUT2D eigenvalue weighted by atomic mass is 10.1. The average molecular weight is 181 g/mol. The van der Waals surface area contributed by atoms with Crippen LogP contribution in [0.2, 0.25) is 0 Å². The van der Waals surface area contributed by atoms with Gasteiger partial charge in [-0.2, -0.15) is 0 Å². The van der Waals surface area contributed by atoms with Crippen LogP contribution >= 0.6 is 0 Å². The zero-order valence-corrected chi connectivity index (χ0v) is 6.79. The largest absolute Gasteiger partial charge is 0.439 e. The van der Waals surface area contributed by atoms with Crippen LogP contribution in [0.3, 0.4) is 0 Å². The standard InChI is InChI=1S/C9H8FNO2/c10-7-3-1-2-6(4-7)8-5-11-9(12)13-8/h1-4,8H,5H2,(H,11,12)/t8-/m0/s1. The van der Waals surface area contributed by atoms with Crippen LogP contribution in [-0.4, -0.2) is 12.6 Å². The number of cyclic esters (lactones) is 1. The Bertz CT molecular complexity index is 340. The molecule has 0 radical (unpaired) electrons. The van der Waals surface area contributed by atoms with Gasteiger partial charge in [-0.3, -0.25) is 0 Å². The van der Waals surface area contributed by atoms with E-state index in [0.29, 0.717) is 12.1 Å². The number of benzene rings is 1. The van der Waals surface area contributed by atoms with E-state index in [1.807, 2.05) is 0 Å². The Hall–Kier alpha value is -1.58. The molecule has 1 N–H and O–H groups in total. The van der Waals surface area contributed by atoms with Crippen molar-refractivity contribution in [1.82, 2.24) is 5.32 Å². The highest BCUT2D eigenvalue weighted by molar-refractivity contribution is 5.69. The number of ether oxygens (including phenoxy) is 1. The van der Waals surface area contributed by atoms with Gasteiger partial charge in [0.05, 0.1) is 6.54 Å². The van der Waals surface area contributed by atoms with Gasteiger partial charge >= 0.3 is 6.09 Å². The molecule has 1 aromatic rings. The van der Waals surface area contributed by atoms with Crippen molar-refractivity contribution >= 4 is 6.09 Å². The molecule has 1 aliphatic rings. The molecule has 0 spiro atoms. The number of carbonyl (C=O) groups is 1. The van der Waals surface area contributed by atoms with E-state index in [0.717, 1.165) is 0 Å². The Kier molecular flexibility index (Phi) is 1.88. The molecule has 2 rings (SSSR count). The second-order valence-electron chi connectivity index (χ2n) is 2.83. The highest BCUT2D eigenvalue weighted by Gasteiger charge is 2.23. The Balaban J connectivity index is 2.21. The van der Waals surface area contributed by atoms with Crippen molar-refractivity contribution in [3.8, 4) is 0 Å². The van der Waals surface area contributed by atoms with Gasteiger partial charge in [0.15, 0.2) is 0 Å². The lowest BCUT2D eigenvalue weighted by Crippen LogP contribution is -2.12. The second-order valence-corrected chi connectivity index (χ2v) is 2.83. The van der Waals surface area contributed by atoms with Crippen molar-refractivity contribution in [1.29, 1.82) is 0 Å². The monoisotopic (exact) mass is 181 g/mol. The minimum atomic E-state index is -0.450. The topological polar surface area (TPSA) is 38.3 Å². The highest BCUT2D eigenvalue weighted by Crippen LogP contribution is 2.20. The SMILES string of the molecule is O=C1NC[C@@H](c2cccc(F)c2)O1. The van der Waals surface area contributed by atoms with Crippen LogP contribution < -0.4 is 5.32 Å². The van der Waals surface area contributed by atoms with Crippen molar-refractivity contribution in [2.75, 3.05) is 6.54 Å². The lowest BCUT2D eigenvalue weighted by Gasteiger charge is -2.06. The van der Waals surface area contributed by atoms with Gasteiger partial charge in [-0.15, -0.1) is 0 Å². The Morgan fingerprint density at radius 3 is 3.00 bits per heavy atom. The number of rotatable bonds is 1.